The lowest BCUT2D eigenvalue weighted by Crippen LogP contribution is -2.29. The molecule has 5 heterocycles. The Morgan fingerprint density at radius 2 is 1.88 bits per heavy atom. The van der Waals surface area contributed by atoms with Gasteiger partial charge in [0.2, 0.25) is 0 Å². The van der Waals surface area contributed by atoms with E-state index < -0.39 is 0 Å². The maximum absolute atomic E-state index is 4.92. The van der Waals surface area contributed by atoms with Gasteiger partial charge in [-0.05, 0) is 44.4 Å². The lowest BCUT2D eigenvalue weighted by atomic mass is 10.1. The number of hydrogen-bond donors (Lipinski definition) is 1. The summed E-state index contributed by atoms with van der Waals surface area (Å²) in [4.78, 5) is 16.5. The minimum atomic E-state index is 0.697. The van der Waals surface area contributed by atoms with E-state index in [2.05, 4.69) is 62.5 Å². The van der Waals surface area contributed by atoms with Crippen molar-refractivity contribution in [3.63, 3.8) is 0 Å². The molecule has 0 atom stereocenters. The summed E-state index contributed by atoms with van der Waals surface area (Å²) in [6.45, 7) is 4.24. The van der Waals surface area contributed by atoms with Crippen LogP contribution in [0.4, 0.5) is 17.3 Å². The monoisotopic (exact) mass is 438 g/mol. The molecule has 1 N–H and O–H groups in total. The SMILES string of the molecule is Cc1c2ccc(-c3cn4ccnc4c(Nc4ccc(N5CCCCC5)nc4)n3)cc2nn1C. The molecule has 1 saturated heterocycles. The molecule has 6 rings (SSSR count). The van der Waals surface area contributed by atoms with E-state index in [0.717, 1.165) is 58.1 Å². The molecule has 0 amide bonds. The summed E-state index contributed by atoms with van der Waals surface area (Å²) in [7, 11) is 1.97. The van der Waals surface area contributed by atoms with E-state index >= 15 is 0 Å². The van der Waals surface area contributed by atoms with E-state index in [0.29, 0.717) is 5.82 Å². The first-order chi connectivity index (χ1) is 16.2. The van der Waals surface area contributed by atoms with Gasteiger partial charge in [-0.15, -0.1) is 0 Å². The van der Waals surface area contributed by atoms with Gasteiger partial charge in [0.25, 0.3) is 0 Å². The van der Waals surface area contributed by atoms with Gasteiger partial charge in [-0.1, -0.05) is 12.1 Å². The summed E-state index contributed by atoms with van der Waals surface area (Å²) in [5.74, 6) is 1.73. The molecule has 166 valence electrons. The molecule has 0 unspecified atom stereocenters. The number of aryl methyl sites for hydroxylation is 2. The Bertz CT molecular complexity index is 1440. The smallest absolute Gasteiger partial charge is 0.180 e. The van der Waals surface area contributed by atoms with Crippen LogP contribution in [0.1, 0.15) is 25.0 Å². The lowest BCUT2D eigenvalue weighted by Gasteiger charge is -2.27. The Labute approximate surface area is 191 Å². The third-order valence-electron chi connectivity index (χ3n) is 6.49. The number of fused-ring (bicyclic) bond motifs is 2. The average molecular weight is 439 g/mol. The molecule has 4 aromatic heterocycles. The van der Waals surface area contributed by atoms with Crippen molar-refractivity contribution in [3.8, 4) is 11.3 Å². The fourth-order valence-electron chi connectivity index (χ4n) is 4.55. The molecule has 0 bridgehead atoms. The first kappa shape index (κ1) is 19.7. The first-order valence-corrected chi connectivity index (χ1v) is 11.4. The van der Waals surface area contributed by atoms with Crippen molar-refractivity contribution in [1.29, 1.82) is 0 Å². The van der Waals surface area contributed by atoms with Crippen LogP contribution < -0.4 is 10.2 Å². The third-order valence-corrected chi connectivity index (χ3v) is 6.49. The molecule has 0 saturated carbocycles. The molecular weight excluding hydrogens is 412 g/mol. The van der Waals surface area contributed by atoms with Gasteiger partial charge >= 0.3 is 0 Å². The van der Waals surface area contributed by atoms with Gasteiger partial charge in [-0.3, -0.25) is 4.68 Å². The molecule has 8 heteroatoms. The molecule has 1 aliphatic rings. The largest absolute Gasteiger partial charge is 0.357 e. The first-order valence-electron chi connectivity index (χ1n) is 11.4. The maximum atomic E-state index is 4.92. The van der Waals surface area contributed by atoms with Gasteiger partial charge < -0.3 is 14.6 Å². The Kier molecular flexibility index (Phi) is 4.71. The van der Waals surface area contributed by atoms with E-state index in [-0.39, 0.29) is 0 Å². The minimum Gasteiger partial charge on any atom is -0.357 e. The van der Waals surface area contributed by atoms with E-state index in [1.807, 2.05) is 34.7 Å². The zero-order valence-electron chi connectivity index (χ0n) is 18.9. The zero-order chi connectivity index (χ0) is 22.4. The number of benzene rings is 1. The number of imidazole rings is 1. The lowest BCUT2D eigenvalue weighted by molar-refractivity contribution is 0.573. The highest BCUT2D eigenvalue weighted by Gasteiger charge is 2.14. The van der Waals surface area contributed by atoms with Gasteiger partial charge in [-0.2, -0.15) is 5.10 Å². The molecule has 0 radical (unpaired) electrons. The molecule has 1 aromatic carbocycles. The van der Waals surface area contributed by atoms with Crippen LogP contribution in [0.2, 0.25) is 0 Å². The molecular formula is C25H26N8. The number of aromatic nitrogens is 6. The number of piperidine rings is 1. The predicted molar refractivity (Wildman–Crippen MR) is 131 cm³/mol. The number of hydrogen-bond acceptors (Lipinski definition) is 6. The van der Waals surface area contributed by atoms with Crippen LogP contribution >= 0.6 is 0 Å². The highest BCUT2D eigenvalue weighted by molar-refractivity contribution is 5.86. The van der Waals surface area contributed by atoms with Crippen molar-refractivity contribution >= 4 is 33.9 Å². The van der Waals surface area contributed by atoms with Crippen LogP contribution in [0, 0.1) is 6.92 Å². The van der Waals surface area contributed by atoms with Crippen molar-refractivity contribution in [2.45, 2.75) is 26.2 Å². The van der Waals surface area contributed by atoms with Crippen LogP contribution in [-0.4, -0.2) is 42.2 Å². The predicted octanol–water partition coefficient (Wildman–Crippen LogP) is 4.72. The Morgan fingerprint density at radius 3 is 2.70 bits per heavy atom. The van der Waals surface area contributed by atoms with E-state index in [4.69, 9.17) is 4.98 Å². The van der Waals surface area contributed by atoms with Crippen molar-refractivity contribution in [1.82, 2.24) is 29.1 Å². The number of anilines is 3. The molecule has 1 aliphatic heterocycles. The van der Waals surface area contributed by atoms with Crippen LogP contribution in [0.15, 0.2) is 55.1 Å². The van der Waals surface area contributed by atoms with Gasteiger partial charge in [0, 0.05) is 55.4 Å². The van der Waals surface area contributed by atoms with Crippen molar-refractivity contribution < 1.29 is 0 Å². The van der Waals surface area contributed by atoms with Gasteiger partial charge in [-0.25, -0.2) is 15.0 Å². The van der Waals surface area contributed by atoms with Crippen molar-refractivity contribution in [2.24, 2.45) is 7.05 Å². The molecule has 8 nitrogen and oxygen atoms in total. The third kappa shape index (κ3) is 3.57. The fraction of sp³-hybridized carbons (Fsp3) is 0.280. The van der Waals surface area contributed by atoms with Crippen LogP contribution in [-0.2, 0) is 7.05 Å². The summed E-state index contributed by atoms with van der Waals surface area (Å²) in [5, 5.41) is 9.21. The summed E-state index contributed by atoms with van der Waals surface area (Å²) in [5.41, 5.74) is 5.64. The second-order valence-electron chi connectivity index (χ2n) is 8.65. The Hall–Kier alpha value is -3.94. The van der Waals surface area contributed by atoms with Gasteiger partial charge in [0.1, 0.15) is 5.82 Å². The van der Waals surface area contributed by atoms with Crippen molar-refractivity contribution in [2.75, 3.05) is 23.3 Å². The molecule has 5 aromatic rings. The summed E-state index contributed by atoms with van der Waals surface area (Å²) >= 11 is 0. The fourth-order valence-corrected chi connectivity index (χ4v) is 4.55. The zero-order valence-corrected chi connectivity index (χ0v) is 18.9. The topological polar surface area (TPSA) is 76.2 Å². The second kappa shape index (κ2) is 7.88. The van der Waals surface area contributed by atoms with Crippen LogP contribution in [0.25, 0.3) is 27.8 Å². The van der Waals surface area contributed by atoms with E-state index in [1.165, 1.54) is 19.3 Å². The van der Waals surface area contributed by atoms with E-state index in [1.54, 1.807) is 6.20 Å². The summed E-state index contributed by atoms with van der Waals surface area (Å²) in [6, 6.07) is 10.4. The van der Waals surface area contributed by atoms with Crippen molar-refractivity contribution in [3.05, 3.63) is 60.8 Å². The molecule has 0 spiro atoms. The summed E-state index contributed by atoms with van der Waals surface area (Å²) < 4.78 is 3.91. The molecule has 33 heavy (non-hydrogen) atoms. The van der Waals surface area contributed by atoms with Gasteiger partial charge in [0.05, 0.1) is 23.1 Å². The number of rotatable bonds is 4. The minimum absolute atomic E-state index is 0.697. The maximum Gasteiger partial charge on any atom is 0.180 e. The average Bonchev–Trinajstić information content (AvgIpc) is 3.44. The Morgan fingerprint density at radius 1 is 1.00 bits per heavy atom. The van der Waals surface area contributed by atoms with E-state index in [9.17, 15) is 0 Å². The van der Waals surface area contributed by atoms with Crippen LogP contribution in [0.5, 0.6) is 0 Å². The Balaban J connectivity index is 1.34. The number of pyridine rings is 1. The standard InChI is InChI=1S/C25H26N8/c1-17-20-8-6-18(14-21(20)30-31(17)2)22-16-33-13-10-26-25(33)24(29-22)28-19-7-9-23(27-15-19)32-11-4-3-5-12-32/h6-10,13-16H,3-5,11-12H2,1-2H3,(H,28,29). The highest BCUT2D eigenvalue weighted by Crippen LogP contribution is 2.28. The highest BCUT2D eigenvalue weighted by atomic mass is 15.3. The van der Waals surface area contributed by atoms with Crippen LogP contribution in [0.3, 0.4) is 0 Å². The number of nitrogens with zero attached hydrogens (tertiary/aromatic N) is 7. The number of nitrogens with one attached hydrogen (secondary N) is 1. The quantitative estimate of drug-likeness (QED) is 0.438. The van der Waals surface area contributed by atoms with Gasteiger partial charge in [0.15, 0.2) is 11.5 Å². The molecule has 0 aliphatic carbocycles. The second-order valence-corrected chi connectivity index (χ2v) is 8.65. The summed E-state index contributed by atoms with van der Waals surface area (Å²) in [6.07, 6.45) is 11.4. The molecule has 1 fully saturated rings. The normalized spacial score (nSPS) is 14.3.